The van der Waals surface area contributed by atoms with E-state index in [4.69, 9.17) is 16.7 Å². The second kappa shape index (κ2) is 5.28. The molecule has 2 aromatic carbocycles. The maximum Gasteiger partial charge on any atom is 0.338 e. The lowest BCUT2D eigenvalue weighted by Crippen LogP contribution is -2.01. The lowest BCUT2D eigenvalue weighted by molar-refractivity contribution is 0.0692. The summed E-state index contributed by atoms with van der Waals surface area (Å²) < 4.78 is 13.2. The number of hydrogen-bond acceptors (Lipinski definition) is 2. The van der Waals surface area contributed by atoms with Crippen LogP contribution >= 0.6 is 11.6 Å². The summed E-state index contributed by atoms with van der Waals surface area (Å²) in [5, 5.41) is 12.4. The van der Waals surface area contributed by atoms with E-state index in [-0.39, 0.29) is 5.56 Å². The van der Waals surface area contributed by atoms with Crippen LogP contribution in [0.3, 0.4) is 0 Å². The lowest BCUT2D eigenvalue weighted by Gasteiger charge is -2.09. The number of hydrogen-bond donors (Lipinski definition) is 2. The first-order chi connectivity index (χ1) is 8.97. The molecular formula is C14H11ClFNO2. The van der Waals surface area contributed by atoms with Crippen molar-refractivity contribution in [3.63, 3.8) is 0 Å². The Bertz CT molecular complexity index is 643. The van der Waals surface area contributed by atoms with E-state index in [1.54, 1.807) is 6.07 Å². The van der Waals surface area contributed by atoms with Crippen LogP contribution in [0, 0.1) is 12.7 Å². The van der Waals surface area contributed by atoms with Crippen molar-refractivity contribution in [3.05, 3.63) is 58.4 Å². The van der Waals surface area contributed by atoms with Gasteiger partial charge < -0.3 is 10.4 Å². The van der Waals surface area contributed by atoms with Gasteiger partial charge in [-0.2, -0.15) is 0 Å². The first-order valence-electron chi connectivity index (χ1n) is 5.53. The van der Waals surface area contributed by atoms with Crippen molar-refractivity contribution >= 4 is 28.9 Å². The van der Waals surface area contributed by atoms with E-state index in [0.717, 1.165) is 11.6 Å². The van der Waals surface area contributed by atoms with Crippen molar-refractivity contribution in [3.8, 4) is 0 Å². The molecule has 3 nitrogen and oxygen atoms in total. The summed E-state index contributed by atoms with van der Waals surface area (Å²) in [6.45, 7) is 1.88. The summed E-state index contributed by atoms with van der Waals surface area (Å²) in [4.78, 5) is 10.8. The smallest absolute Gasteiger partial charge is 0.338 e. The Morgan fingerprint density at radius 1 is 1.21 bits per heavy atom. The number of rotatable bonds is 3. The van der Waals surface area contributed by atoms with Crippen molar-refractivity contribution in [2.45, 2.75) is 6.92 Å². The molecule has 0 aliphatic heterocycles. The Balaban J connectivity index is 2.30. The van der Waals surface area contributed by atoms with Gasteiger partial charge in [-0.1, -0.05) is 17.7 Å². The minimum atomic E-state index is -1.30. The van der Waals surface area contributed by atoms with Crippen molar-refractivity contribution in [2.75, 3.05) is 5.32 Å². The first kappa shape index (κ1) is 13.4. The van der Waals surface area contributed by atoms with Crippen LogP contribution in [0.2, 0.25) is 5.02 Å². The molecule has 0 heterocycles. The highest BCUT2D eigenvalue weighted by Gasteiger charge is 2.10. The molecule has 0 aromatic heterocycles. The van der Waals surface area contributed by atoms with Crippen LogP contribution in [0.25, 0.3) is 0 Å². The van der Waals surface area contributed by atoms with Crippen LogP contribution in [0.4, 0.5) is 15.8 Å². The van der Waals surface area contributed by atoms with Crippen molar-refractivity contribution in [1.29, 1.82) is 0 Å². The largest absolute Gasteiger partial charge is 0.478 e. The highest BCUT2D eigenvalue weighted by atomic mass is 35.5. The summed E-state index contributed by atoms with van der Waals surface area (Å²) in [7, 11) is 0. The van der Waals surface area contributed by atoms with E-state index in [2.05, 4.69) is 5.32 Å². The molecule has 19 heavy (non-hydrogen) atoms. The number of carboxylic acid groups (broad SMARTS) is 1. The predicted molar refractivity (Wildman–Crippen MR) is 72.8 cm³/mol. The SMILES string of the molecule is Cc1ccc(Nc2ccc(F)c(C(=O)O)c2)cc1Cl. The molecule has 0 fully saturated rings. The minimum Gasteiger partial charge on any atom is -0.478 e. The van der Waals surface area contributed by atoms with Gasteiger partial charge in [0, 0.05) is 16.4 Å². The molecule has 2 rings (SSSR count). The molecule has 5 heteroatoms. The summed E-state index contributed by atoms with van der Waals surface area (Å²) in [6.07, 6.45) is 0. The Labute approximate surface area is 114 Å². The Morgan fingerprint density at radius 2 is 1.84 bits per heavy atom. The molecule has 0 spiro atoms. The minimum absolute atomic E-state index is 0.372. The van der Waals surface area contributed by atoms with Gasteiger partial charge in [-0.3, -0.25) is 0 Å². The van der Waals surface area contributed by atoms with E-state index in [0.29, 0.717) is 16.4 Å². The fourth-order valence-corrected chi connectivity index (χ4v) is 1.78. The summed E-state index contributed by atoms with van der Waals surface area (Å²) in [5.74, 6) is -2.07. The van der Waals surface area contributed by atoms with E-state index < -0.39 is 11.8 Å². The van der Waals surface area contributed by atoms with Crippen LogP contribution < -0.4 is 5.32 Å². The molecule has 0 atom stereocenters. The molecule has 2 aromatic rings. The zero-order valence-electron chi connectivity index (χ0n) is 10.1. The van der Waals surface area contributed by atoms with Gasteiger partial charge in [0.25, 0.3) is 0 Å². The number of carbonyl (C=O) groups is 1. The number of aryl methyl sites for hydroxylation is 1. The molecule has 0 aliphatic carbocycles. The van der Waals surface area contributed by atoms with Crippen LogP contribution in [0.15, 0.2) is 36.4 Å². The number of anilines is 2. The predicted octanol–water partition coefficient (Wildman–Crippen LogP) is 4.23. The first-order valence-corrected chi connectivity index (χ1v) is 5.91. The Hall–Kier alpha value is -2.07. The van der Waals surface area contributed by atoms with E-state index in [9.17, 15) is 9.18 Å². The molecule has 0 saturated carbocycles. The van der Waals surface area contributed by atoms with Crippen LogP contribution in [-0.4, -0.2) is 11.1 Å². The van der Waals surface area contributed by atoms with Crippen molar-refractivity contribution in [2.24, 2.45) is 0 Å². The monoisotopic (exact) mass is 279 g/mol. The highest BCUT2D eigenvalue weighted by molar-refractivity contribution is 6.31. The summed E-state index contributed by atoms with van der Waals surface area (Å²) in [5.41, 5.74) is 1.76. The van der Waals surface area contributed by atoms with Gasteiger partial charge in [-0.25, -0.2) is 9.18 Å². The van der Waals surface area contributed by atoms with Crippen LogP contribution in [0.5, 0.6) is 0 Å². The third-order valence-corrected chi connectivity index (χ3v) is 3.06. The lowest BCUT2D eigenvalue weighted by atomic mass is 10.1. The Kier molecular flexibility index (Phi) is 3.71. The normalized spacial score (nSPS) is 10.3. The molecule has 0 saturated heterocycles. The second-order valence-corrected chi connectivity index (χ2v) is 4.50. The standard InChI is InChI=1S/C14H11ClFNO2/c1-8-2-3-10(7-12(8)15)17-9-4-5-13(16)11(6-9)14(18)19/h2-7,17H,1H3,(H,18,19). The molecule has 2 N–H and O–H groups in total. The maximum atomic E-state index is 13.2. The van der Waals surface area contributed by atoms with E-state index >= 15 is 0 Å². The number of aromatic carboxylic acids is 1. The average molecular weight is 280 g/mol. The fourth-order valence-electron chi connectivity index (χ4n) is 1.60. The van der Waals surface area contributed by atoms with Crippen molar-refractivity contribution < 1.29 is 14.3 Å². The average Bonchev–Trinajstić information content (AvgIpc) is 2.36. The summed E-state index contributed by atoms with van der Waals surface area (Å²) >= 11 is 5.99. The van der Waals surface area contributed by atoms with E-state index in [1.807, 2.05) is 19.1 Å². The van der Waals surface area contributed by atoms with Gasteiger partial charge in [0.2, 0.25) is 0 Å². The Morgan fingerprint density at radius 3 is 2.47 bits per heavy atom. The number of nitrogens with one attached hydrogen (secondary N) is 1. The number of carboxylic acids is 1. The fraction of sp³-hybridized carbons (Fsp3) is 0.0714. The van der Waals surface area contributed by atoms with Crippen LogP contribution in [0.1, 0.15) is 15.9 Å². The van der Waals surface area contributed by atoms with Gasteiger partial charge in [-0.05, 0) is 42.8 Å². The quantitative estimate of drug-likeness (QED) is 0.884. The van der Waals surface area contributed by atoms with Gasteiger partial charge in [0.15, 0.2) is 0 Å². The van der Waals surface area contributed by atoms with Crippen LogP contribution in [-0.2, 0) is 0 Å². The third kappa shape index (κ3) is 3.03. The molecule has 0 amide bonds. The van der Waals surface area contributed by atoms with Gasteiger partial charge in [-0.15, -0.1) is 0 Å². The maximum absolute atomic E-state index is 13.2. The topological polar surface area (TPSA) is 49.3 Å². The van der Waals surface area contributed by atoms with Gasteiger partial charge in [0.1, 0.15) is 5.82 Å². The molecule has 0 aliphatic rings. The van der Waals surface area contributed by atoms with Gasteiger partial charge in [0.05, 0.1) is 5.56 Å². The molecule has 0 radical (unpaired) electrons. The molecule has 0 unspecified atom stereocenters. The molecule has 98 valence electrons. The second-order valence-electron chi connectivity index (χ2n) is 4.09. The van der Waals surface area contributed by atoms with Crippen molar-refractivity contribution in [1.82, 2.24) is 0 Å². The summed E-state index contributed by atoms with van der Waals surface area (Å²) in [6, 6.07) is 9.19. The number of benzene rings is 2. The highest BCUT2D eigenvalue weighted by Crippen LogP contribution is 2.24. The number of halogens is 2. The molecular weight excluding hydrogens is 269 g/mol. The zero-order valence-corrected chi connectivity index (χ0v) is 10.8. The van der Waals surface area contributed by atoms with Gasteiger partial charge >= 0.3 is 5.97 Å². The third-order valence-electron chi connectivity index (χ3n) is 2.66. The van der Waals surface area contributed by atoms with E-state index in [1.165, 1.54) is 12.1 Å². The zero-order chi connectivity index (χ0) is 14.0. The molecule has 0 bridgehead atoms.